The Hall–Kier alpha value is -6.88. The molecule has 3 amide bonds. The molecule has 2 aromatic carbocycles. The number of carbonyl (C=O) groups is 7. The quantitative estimate of drug-likeness (QED) is 0.0185. The van der Waals surface area contributed by atoms with E-state index in [4.69, 9.17) is 0 Å². The highest BCUT2D eigenvalue weighted by atomic mass is 16.4. The number of unbranched alkanes of at least 4 members (excludes halogenated alkanes) is 3. The maximum atomic E-state index is 14.3. The molecule has 2 aliphatic rings. The first kappa shape index (κ1) is 87.8. The number of H-pyrrole nitrogens is 1. The van der Waals surface area contributed by atoms with E-state index in [1.54, 1.807) is 44.8 Å². The molecule has 39 nitrogen and oxygen atoms in total. The van der Waals surface area contributed by atoms with Crippen LogP contribution < -0.4 is 31.9 Å². The van der Waals surface area contributed by atoms with Crippen LogP contribution in [0.3, 0.4) is 0 Å². The number of anilines is 1. The normalized spacial score (nSPS) is 20.3. The van der Waals surface area contributed by atoms with Crippen LogP contribution >= 0.6 is 0 Å². The Kier molecular flexibility index (Phi) is 37.9. The molecule has 1 unspecified atom stereocenters. The van der Waals surface area contributed by atoms with Crippen LogP contribution in [0.5, 0.6) is 0 Å². The number of carboxylic acids is 4. The monoisotopic (exact) mass is 1480 g/mol. The van der Waals surface area contributed by atoms with E-state index in [0.29, 0.717) is 54.9 Å². The number of aliphatic hydroxyl groups is 14. The smallest absolute Gasteiger partial charge is 0.317 e. The van der Waals surface area contributed by atoms with Gasteiger partial charge in [-0.2, -0.15) is 0 Å². The van der Waals surface area contributed by atoms with Gasteiger partial charge in [0.2, 0.25) is 17.7 Å². The molecule has 0 bridgehead atoms. The van der Waals surface area contributed by atoms with Crippen LogP contribution in [-0.4, -0.2) is 384 Å². The molecule has 3 aromatic rings. The number of aliphatic hydroxyl groups excluding tert-OH is 14. The van der Waals surface area contributed by atoms with Crippen LogP contribution in [0.25, 0.3) is 11.0 Å². The summed E-state index contributed by atoms with van der Waals surface area (Å²) < 4.78 is 0. The van der Waals surface area contributed by atoms with E-state index in [-0.39, 0.29) is 84.8 Å². The Bertz CT molecular complexity index is 3070. The lowest BCUT2D eigenvalue weighted by Gasteiger charge is -2.33. The molecule has 1 fully saturated rings. The molecule has 0 saturated carbocycles. The van der Waals surface area contributed by atoms with Crippen molar-refractivity contribution in [1.82, 2.24) is 66.0 Å². The van der Waals surface area contributed by atoms with Gasteiger partial charge < -0.3 is 118 Å². The van der Waals surface area contributed by atoms with Crippen molar-refractivity contribution >= 4 is 58.3 Å². The number of aromatic amines is 1. The molecule has 1 saturated heterocycles. The number of aromatic nitrogens is 2. The summed E-state index contributed by atoms with van der Waals surface area (Å²) in [6, 6.07) is 8.88. The number of rotatable bonds is 45. The number of aliphatic carboxylic acids is 4. The van der Waals surface area contributed by atoms with Crippen LogP contribution in [0.1, 0.15) is 81.0 Å². The minimum atomic E-state index is -2.05. The maximum absolute atomic E-state index is 14.3. The first-order valence-corrected chi connectivity index (χ1v) is 34.6. The second kappa shape index (κ2) is 44.9. The highest BCUT2D eigenvalue weighted by Crippen LogP contribution is 2.31. The summed E-state index contributed by atoms with van der Waals surface area (Å²) in [5.41, 5.74) is 3.42. The number of hydrogen-bond acceptors (Lipinski definition) is 31. The van der Waals surface area contributed by atoms with E-state index in [0.717, 1.165) is 11.0 Å². The average molecular weight is 1490 g/mol. The Morgan fingerprint density at radius 1 is 0.615 bits per heavy atom. The topological polar surface area (TPSA) is 604 Å². The predicted molar refractivity (Wildman–Crippen MR) is 368 cm³/mol. The molecule has 25 N–H and O–H groups in total. The molecule has 0 spiro atoms. The minimum absolute atomic E-state index is 0.00522. The number of carboxylic acid groups (broad SMARTS) is 4. The zero-order chi connectivity index (χ0) is 76.7. The summed E-state index contributed by atoms with van der Waals surface area (Å²) in [5.74, 6) is -6.49. The van der Waals surface area contributed by atoms with Crippen molar-refractivity contribution in [3.05, 3.63) is 59.4 Å². The van der Waals surface area contributed by atoms with Gasteiger partial charge in [-0.25, -0.2) is 4.98 Å². The highest BCUT2D eigenvalue weighted by molar-refractivity contribution is 5.82. The van der Waals surface area contributed by atoms with E-state index >= 15 is 0 Å². The van der Waals surface area contributed by atoms with Gasteiger partial charge >= 0.3 is 23.9 Å². The number of amides is 3. The molecule has 1 aromatic heterocycles. The number of fused-ring (bicyclic) bond motifs is 2. The highest BCUT2D eigenvalue weighted by Gasteiger charge is 2.36. The van der Waals surface area contributed by atoms with Gasteiger partial charge in [0.15, 0.2) is 0 Å². The molecular formula is C65H108N14O25. The van der Waals surface area contributed by atoms with Gasteiger partial charge in [0.05, 0.1) is 93.7 Å². The Morgan fingerprint density at radius 2 is 1.15 bits per heavy atom. The third-order valence-corrected chi connectivity index (χ3v) is 18.1. The third-order valence-electron chi connectivity index (χ3n) is 18.1. The lowest BCUT2D eigenvalue weighted by molar-refractivity contribution is -0.140. The van der Waals surface area contributed by atoms with Gasteiger partial charge in [-0.05, 0) is 74.5 Å². The van der Waals surface area contributed by atoms with E-state index < -0.39 is 205 Å². The van der Waals surface area contributed by atoms with Crippen molar-refractivity contribution in [3.63, 3.8) is 0 Å². The van der Waals surface area contributed by atoms with Crippen LogP contribution in [-0.2, 0) is 46.7 Å². The van der Waals surface area contributed by atoms with Gasteiger partial charge in [-0.15, -0.1) is 0 Å². The number of para-hydroxylation sites is 2. The third kappa shape index (κ3) is 30.2. The molecule has 2 aliphatic heterocycles. The Labute approximate surface area is 600 Å². The fourth-order valence-corrected chi connectivity index (χ4v) is 12.0. The number of nitrogens with zero attached hydrogens (tertiary/aromatic N) is 7. The minimum Gasteiger partial charge on any atom is -0.481 e. The first-order valence-electron chi connectivity index (χ1n) is 34.6. The van der Waals surface area contributed by atoms with Crippen molar-refractivity contribution in [3.8, 4) is 0 Å². The van der Waals surface area contributed by atoms with E-state index in [9.17, 15) is 125 Å². The Morgan fingerprint density at radius 3 is 1.70 bits per heavy atom. The maximum Gasteiger partial charge on any atom is 0.317 e. The Balaban J connectivity index is 1.32. The van der Waals surface area contributed by atoms with Crippen LogP contribution in [0, 0.1) is 0 Å². The second-order valence-electron chi connectivity index (χ2n) is 26.4. The van der Waals surface area contributed by atoms with Crippen molar-refractivity contribution in [2.24, 2.45) is 0 Å². The molecular weight excluding hydrogens is 1380 g/mol. The van der Waals surface area contributed by atoms with E-state index in [1.807, 2.05) is 24.3 Å². The molecule has 0 aliphatic carbocycles. The van der Waals surface area contributed by atoms with E-state index in [2.05, 4.69) is 41.9 Å². The molecule has 15 atom stereocenters. The number of carbonyl (C=O) groups excluding carboxylic acids is 3. The summed E-state index contributed by atoms with van der Waals surface area (Å²) in [4.78, 5) is 107. The lowest BCUT2D eigenvalue weighted by Crippen LogP contribution is -2.58. The van der Waals surface area contributed by atoms with Gasteiger partial charge in [0, 0.05) is 97.2 Å². The summed E-state index contributed by atoms with van der Waals surface area (Å²) in [7, 11) is 1.74. The zero-order valence-electron chi connectivity index (χ0n) is 58.2. The molecule has 0 radical (unpaired) electrons. The van der Waals surface area contributed by atoms with Crippen LogP contribution in [0.2, 0.25) is 0 Å². The number of nitrogens with one attached hydrogen (secondary N) is 7. The van der Waals surface area contributed by atoms with Gasteiger partial charge in [0.25, 0.3) is 0 Å². The molecule has 104 heavy (non-hydrogen) atoms. The second-order valence-corrected chi connectivity index (χ2v) is 26.4. The standard InChI is InChI=1S/C65H108N14O25/c1-74(31-50-70-41-8-4-5-9-42(41)71-50)64(103)38-10-11-40-39(26-38)30-79(65(104)45(69-40)27-54(89)90)17-7-3-2-6-16-66-62(101)43(12-14-51(86)67-28-46(82)58(97)60(99)48(84)36-80)73-63(102)44(13-15-52(87)68-29-47(83)59(98)61(100)49(85)37-81)72-53(88)32-75-18-20-76(33-55(91)92)22-24-78(35-57(95)96)25-23-77(21-19-75)34-56(93)94/h4-5,8-11,26,43-49,51,58-61,63-65,67,69,73,80-86,97-100,102-104H,2-3,6-7,12-25,27-37H2,1H3,(H,66,101)(H,68,87)(H,70,71)(H,72,88)(H,89,90)(H,91,92)(H,93,94)(H,95,96)/t43-,44-,45?,46+,47-,48-,49+,51+,58+,59-,60-,61+,63+,64+,65+/m0/s1. The van der Waals surface area contributed by atoms with Crippen molar-refractivity contribution < 1.29 is 125 Å². The SMILES string of the molecule is CN(Cc1nc2ccccc2[nH]1)[C@H](O)c1ccc2c(c1)CN(CCCCCCNC(=O)[C@H](CC[C@@H](O)NC[C@@H](O)[C@@H](O)[C@@H](O)[C@@H](O)CO)N[C@H](O)[C@H](CCC(=O)NC[C@H](O)[C@H](O)[C@H](O)[C@H](O)CO)NC(=O)CN1CCN(CC(=O)O)CCN(CC(=O)O)CCN(CC(=O)O)CC1)[C@H](O)C(CC(=O)O)N2. The van der Waals surface area contributed by atoms with E-state index in [1.165, 1.54) is 9.80 Å². The largest absolute Gasteiger partial charge is 0.481 e. The summed E-state index contributed by atoms with van der Waals surface area (Å²) in [6.45, 7) is -3.99. The average Bonchev–Trinajstić information content (AvgIpc) is 1.62. The number of hydrogen-bond donors (Lipinski definition) is 25. The van der Waals surface area contributed by atoms with Crippen LogP contribution in [0.15, 0.2) is 42.5 Å². The molecule has 39 heteroatoms. The van der Waals surface area contributed by atoms with Gasteiger partial charge in [0.1, 0.15) is 67.4 Å². The molecule has 5 rings (SSSR count). The molecule has 588 valence electrons. The van der Waals surface area contributed by atoms with Crippen molar-refractivity contribution in [1.29, 1.82) is 0 Å². The fraction of sp³-hybridized carbons (Fsp3) is 0.692. The first-order chi connectivity index (χ1) is 49.3. The van der Waals surface area contributed by atoms with Crippen molar-refractivity contribution in [2.45, 2.75) is 163 Å². The number of imidazole rings is 1. The summed E-state index contributed by atoms with van der Waals surface area (Å²) in [5, 5.41) is 201. The fourth-order valence-electron chi connectivity index (χ4n) is 12.0. The lowest BCUT2D eigenvalue weighted by atomic mass is 10.0. The van der Waals surface area contributed by atoms with Gasteiger partial charge in [-0.3, -0.25) is 73.6 Å². The van der Waals surface area contributed by atoms with Crippen LogP contribution in [0.4, 0.5) is 5.69 Å². The summed E-state index contributed by atoms with van der Waals surface area (Å²) >= 11 is 0. The number of benzene rings is 2. The molecule has 3 heterocycles. The zero-order valence-corrected chi connectivity index (χ0v) is 58.2. The summed E-state index contributed by atoms with van der Waals surface area (Å²) in [6.07, 6.45) is -21.5. The predicted octanol–water partition coefficient (Wildman–Crippen LogP) is -8.56. The van der Waals surface area contributed by atoms with Crippen molar-refractivity contribution in [2.75, 3.05) is 130 Å². The van der Waals surface area contributed by atoms with Gasteiger partial charge in [-0.1, -0.05) is 31.0 Å².